The lowest BCUT2D eigenvalue weighted by molar-refractivity contribution is -0.313. The summed E-state index contributed by atoms with van der Waals surface area (Å²) in [5, 5.41) is 14.5. The number of nitrogens with zero attached hydrogens (tertiary/aromatic N) is 1. The van der Waals surface area contributed by atoms with Crippen LogP contribution in [0.1, 0.15) is 5.56 Å². The molecule has 2 aliphatic heterocycles. The number of carboxylic acids is 1. The highest BCUT2D eigenvalue weighted by Crippen LogP contribution is 2.39. The number of ether oxygens (including phenoxy) is 1. The van der Waals surface area contributed by atoms with Crippen LogP contribution in [0.15, 0.2) is 30.4 Å². The van der Waals surface area contributed by atoms with Gasteiger partial charge in [-0.1, -0.05) is 29.6 Å². The van der Waals surface area contributed by atoms with E-state index in [1.165, 1.54) is 11.3 Å². The van der Waals surface area contributed by atoms with E-state index in [9.17, 15) is 14.7 Å². The number of thiazole rings is 1. The SMILES string of the molecule is Cc1ccc2nc(NC(=O)[C@H]3[C@@H](C(=O)[O-])[C@@H]4C=C[C@H]3O4)sc2c1. The summed E-state index contributed by atoms with van der Waals surface area (Å²) in [6.45, 7) is 1.99. The number of aryl methyl sites for hydroxylation is 1. The van der Waals surface area contributed by atoms with Crippen LogP contribution in [0, 0.1) is 18.8 Å². The Labute approximate surface area is 135 Å². The lowest BCUT2D eigenvalue weighted by atomic mass is 9.82. The van der Waals surface area contributed by atoms with Crippen molar-refractivity contribution in [2.75, 3.05) is 5.32 Å². The third-order valence-electron chi connectivity index (χ3n) is 4.25. The molecule has 118 valence electrons. The standard InChI is InChI=1S/C16H14N2O4S/c1-7-2-3-8-11(6-7)23-16(17-8)18-14(19)12-9-4-5-10(22-9)13(12)15(20)21/h2-6,9-10,12-13H,1H3,(H,20,21)(H,17,18,19)/p-1/t9-,10+,12-,13+/m1/s1. The Morgan fingerprint density at radius 2 is 2.00 bits per heavy atom. The van der Waals surface area contributed by atoms with Gasteiger partial charge in [-0.05, 0) is 24.6 Å². The van der Waals surface area contributed by atoms with Crippen LogP contribution in [0.3, 0.4) is 0 Å². The van der Waals surface area contributed by atoms with Gasteiger partial charge in [-0.15, -0.1) is 0 Å². The zero-order valence-electron chi connectivity index (χ0n) is 12.2. The number of aromatic nitrogens is 1. The molecule has 4 atom stereocenters. The van der Waals surface area contributed by atoms with Crippen molar-refractivity contribution in [1.29, 1.82) is 0 Å². The summed E-state index contributed by atoms with van der Waals surface area (Å²) in [6, 6.07) is 5.84. The average Bonchev–Trinajstić information content (AvgIpc) is 3.18. The first-order valence-corrected chi connectivity index (χ1v) is 8.07. The molecule has 1 aromatic carbocycles. The maximum atomic E-state index is 12.5. The predicted molar refractivity (Wildman–Crippen MR) is 82.8 cm³/mol. The van der Waals surface area contributed by atoms with E-state index < -0.39 is 35.9 Å². The molecule has 3 heterocycles. The Kier molecular flexibility index (Phi) is 3.21. The van der Waals surface area contributed by atoms with Crippen LogP contribution in [-0.2, 0) is 14.3 Å². The first kappa shape index (κ1) is 14.3. The quantitative estimate of drug-likeness (QED) is 0.844. The predicted octanol–water partition coefficient (Wildman–Crippen LogP) is 0.863. The molecule has 23 heavy (non-hydrogen) atoms. The highest BCUT2D eigenvalue weighted by atomic mass is 32.1. The molecule has 1 fully saturated rings. The molecular weight excluding hydrogens is 316 g/mol. The van der Waals surface area contributed by atoms with E-state index in [0.29, 0.717) is 5.13 Å². The highest BCUT2D eigenvalue weighted by molar-refractivity contribution is 7.22. The van der Waals surface area contributed by atoms with E-state index >= 15 is 0 Å². The summed E-state index contributed by atoms with van der Waals surface area (Å²) in [5.41, 5.74) is 1.92. The lowest BCUT2D eigenvalue weighted by Gasteiger charge is -2.24. The van der Waals surface area contributed by atoms with Crippen molar-refractivity contribution in [1.82, 2.24) is 4.98 Å². The average molecular weight is 329 g/mol. The smallest absolute Gasteiger partial charge is 0.233 e. The maximum absolute atomic E-state index is 12.5. The molecule has 1 saturated heterocycles. The largest absolute Gasteiger partial charge is 0.550 e. The fraction of sp³-hybridized carbons (Fsp3) is 0.312. The zero-order valence-corrected chi connectivity index (χ0v) is 13.0. The Morgan fingerprint density at radius 3 is 2.74 bits per heavy atom. The lowest BCUT2D eigenvalue weighted by Crippen LogP contribution is -2.45. The van der Waals surface area contributed by atoms with Gasteiger partial charge in [0.05, 0.1) is 28.3 Å². The van der Waals surface area contributed by atoms with E-state index in [1.807, 2.05) is 25.1 Å². The summed E-state index contributed by atoms with van der Waals surface area (Å²) in [6.07, 6.45) is 2.31. The number of hydrogen-bond donors (Lipinski definition) is 1. The molecule has 1 aromatic heterocycles. The van der Waals surface area contributed by atoms with E-state index in [0.717, 1.165) is 15.8 Å². The van der Waals surface area contributed by atoms with Gasteiger partial charge in [0.25, 0.3) is 0 Å². The summed E-state index contributed by atoms with van der Waals surface area (Å²) in [5.74, 6) is -3.40. The van der Waals surface area contributed by atoms with Crippen LogP contribution >= 0.6 is 11.3 Å². The van der Waals surface area contributed by atoms with E-state index in [1.54, 1.807) is 12.2 Å². The van der Waals surface area contributed by atoms with Crippen LogP contribution < -0.4 is 10.4 Å². The highest BCUT2D eigenvalue weighted by Gasteiger charge is 2.50. The van der Waals surface area contributed by atoms with Gasteiger partial charge >= 0.3 is 0 Å². The second-order valence-electron chi connectivity index (χ2n) is 5.80. The minimum absolute atomic E-state index is 0.396. The van der Waals surface area contributed by atoms with Crippen molar-refractivity contribution in [2.24, 2.45) is 11.8 Å². The van der Waals surface area contributed by atoms with Gasteiger partial charge in [0.2, 0.25) is 5.91 Å². The molecular formula is C16H13N2O4S-. The second kappa shape index (κ2) is 5.14. The summed E-state index contributed by atoms with van der Waals surface area (Å²) in [7, 11) is 0. The molecule has 0 aliphatic carbocycles. The molecule has 2 bridgehead atoms. The van der Waals surface area contributed by atoms with Crippen molar-refractivity contribution in [3.63, 3.8) is 0 Å². The summed E-state index contributed by atoms with van der Waals surface area (Å²) >= 11 is 1.36. The number of hydrogen-bond acceptors (Lipinski definition) is 6. The van der Waals surface area contributed by atoms with Gasteiger partial charge in [-0.25, -0.2) is 4.98 Å². The monoisotopic (exact) mass is 329 g/mol. The number of carbonyl (C=O) groups excluding carboxylic acids is 2. The molecule has 0 saturated carbocycles. The number of rotatable bonds is 3. The number of carbonyl (C=O) groups is 2. The second-order valence-corrected chi connectivity index (χ2v) is 6.83. The first-order valence-electron chi connectivity index (χ1n) is 7.25. The number of anilines is 1. The minimum atomic E-state index is -1.26. The molecule has 1 N–H and O–H groups in total. The van der Waals surface area contributed by atoms with Crippen LogP contribution in [0.25, 0.3) is 10.2 Å². The van der Waals surface area contributed by atoms with Crippen LogP contribution in [0.5, 0.6) is 0 Å². The number of nitrogens with one attached hydrogen (secondary N) is 1. The molecule has 0 radical (unpaired) electrons. The van der Waals surface area contributed by atoms with Crippen molar-refractivity contribution in [3.05, 3.63) is 35.9 Å². The van der Waals surface area contributed by atoms with Gasteiger partial charge < -0.3 is 20.0 Å². The Balaban J connectivity index is 1.59. The fourth-order valence-corrected chi connectivity index (χ4v) is 4.14. The molecule has 2 aliphatic rings. The van der Waals surface area contributed by atoms with Crippen molar-refractivity contribution >= 4 is 38.6 Å². The van der Waals surface area contributed by atoms with E-state index in [-0.39, 0.29) is 0 Å². The van der Waals surface area contributed by atoms with Crippen LogP contribution in [0.2, 0.25) is 0 Å². The van der Waals surface area contributed by atoms with Crippen molar-refractivity contribution in [3.8, 4) is 0 Å². The molecule has 2 aromatic rings. The van der Waals surface area contributed by atoms with Crippen molar-refractivity contribution < 1.29 is 19.4 Å². The van der Waals surface area contributed by atoms with Gasteiger partial charge in [-0.2, -0.15) is 0 Å². The molecule has 6 nitrogen and oxygen atoms in total. The topological polar surface area (TPSA) is 91.4 Å². The number of fused-ring (bicyclic) bond motifs is 3. The molecule has 0 spiro atoms. The molecule has 0 unspecified atom stereocenters. The number of carboxylic acid groups (broad SMARTS) is 1. The van der Waals surface area contributed by atoms with E-state index in [4.69, 9.17) is 4.74 Å². The number of aliphatic carboxylic acids is 1. The Morgan fingerprint density at radius 1 is 1.26 bits per heavy atom. The maximum Gasteiger partial charge on any atom is 0.233 e. The molecule has 4 rings (SSSR count). The Bertz CT molecular complexity index is 844. The number of amides is 1. The zero-order chi connectivity index (χ0) is 16.1. The Hall–Kier alpha value is -2.25. The third kappa shape index (κ3) is 2.32. The van der Waals surface area contributed by atoms with Gasteiger partial charge in [0.15, 0.2) is 5.13 Å². The fourth-order valence-electron chi connectivity index (χ4n) is 3.18. The summed E-state index contributed by atoms with van der Waals surface area (Å²) in [4.78, 5) is 28.2. The number of benzene rings is 1. The summed E-state index contributed by atoms with van der Waals surface area (Å²) < 4.78 is 6.46. The third-order valence-corrected chi connectivity index (χ3v) is 5.18. The van der Waals surface area contributed by atoms with Gasteiger partial charge in [0, 0.05) is 11.9 Å². The van der Waals surface area contributed by atoms with E-state index in [2.05, 4.69) is 10.3 Å². The molecule has 1 amide bonds. The van der Waals surface area contributed by atoms with Gasteiger partial charge in [0.1, 0.15) is 0 Å². The molecule has 7 heteroatoms. The first-order chi connectivity index (χ1) is 11.0. The van der Waals surface area contributed by atoms with Gasteiger partial charge in [-0.3, -0.25) is 4.79 Å². The normalized spacial score (nSPS) is 28.4. The minimum Gasteiger partial charge on any atom is -0.550 e. The van der Waals surface area contributed by atoms with Crippen LogP contribution in [-0.4, -0.2) is 29.1 Å². The van der Waals surface area contributed by atoms with Crippen LogP contribution in [0.4, 0.5) is 5.13 Å². The van der Waals surface area contributed by atoms with Crippen molar-refractivity contribution in [2.45, 2.75) is 19.1 Å².